The molecule has 0 aliphatic carbocycles. The number of carboxylic acid groups (broad SMARTS) is 4. The predicted octanol–water partition coefficient (Wildman–Crippen LogP) is 1.92. The fraction of sp³-hybridized carbons (Fsp3) is 0.667. The average molecular weight is 427 g/mol. The second-order valence-electron chi connectivity index (χ2n) is 2.99. The molecule has 0 heterocycles. The van der Waals surface area contributed by atoms with Gasteiger partial charge in [-0.15, -0.1) is 0 Å². The molecule has 0 fully saturated rings. The van der Waals surface area contributed by atoms with E-state index in [-0.39, 0.29) is 64.6 Å². The van der Waals surface area contributed by atoms with Gasteiger partial charge < -0.3 is 20.4 Å². The van der Waals surface area contributed by atoms with Gasteiger partial charge in [-0.2, -0.15) is 0 Å². The van der Waals surface area contributed by atoms with E-state index < -0.39 is 23.9 Å². The predicted molar refractivity (Wildman–Crippen MR) is 71.7 cm³/mol. The summed E-state index contributed by atoms with van der Waals surface area (Å²) in [5.74, 6) is -2.98. The van der Waals surface area contributed by atoms with E-state index in [1.807, 2.05) is 0 Å². The minimum atomic E-state index is -0.745. The Morgan fingerprint density at radius 3 is 0.545 bits per heavy atom. The third-order valence-electron chi connectivity index (χ3n) is 1.21. The molecular weight excluding hydrogens is 403 g/mol. The summed E-state index contributed by atoms with van der Waals surface area (Å²) in [5, 5.41) is 30.9. The maximum Gasteiger partial charge on any atom is 0.303 e. The van der Waals surface area contributed by atoms with Crippen LogP contribution in [0, 0.1) is 0 Å². The van der Waals surface area contributed by atoms with Crippen LogP contribution in [0.15, 0.2) is 0 Å². The molecule has 22 heavy (non-hydrogen) atoms. The molecule has 8 nitrogen and oxygen atoms in total. The van der Waals surface area contributed by atoms with Crippen LogP contribution in [0.1, 0.15) is 53.4 Å². The zero-order chi connectivity index (χ0) is 17.1. The molecule has 124 valence electrons. The van der Waals surface area contributed by atoms with Crippen molar-refractivity contribution in [3.63, 3.8) is 0 Å². The van der Waals surface area contributed by atoms with Crippen molar-refractivity contribution < 1.29 is 78.6 Å². The van der Waals surface area contributed by atoms with E-state index in [9.17, 15) is 19.2 Å². The van der Waals surface area contributed by atoms with Crippen LogP contribution in [-0.4, -0.2) is 44.3 Å². The largest absolute Gasteiger partial charge is 0.481 e. The van der Waals surface area contributed by atoms with Crippen molar-refractivity contribution in [3.8, 4) is 0 Å². The Morgan fingerprint density at radius 1 is 0.500 bits per heavy atom. The van der Waals surface area contributed by atoms with Crippen LogP contribution in [0.25, 0.3) is 0 Å². The summed E-state index contributed by atoms with van der Waals surface area (Å²) in [6.45, 7) is 6.40. The number of hydrogen-bond donors (Lipinski definition) is 4. The normalized spacial score (nSPS) is 6.73. The van der Waals surface area contributed by atoms with E-state index in [0.29, 0.717) is 0 Å². The molecule has 0 aromatic heterocycles. The molecule has 0 aliphatic heterocycles. The molecule has 0 spiro atoms. The van der Waals surface area contributed by atoms with E-state index in [1.54, 1.807) is 27.7 Å². The molecule has 0 saturated carbocycles. The van der Waals surface area contributed by atoms with E-state index in [2.05, 4.69) is 0 Å². The van der Waals surface area contributed by atoms with Gasteiger partial charge in [0.2, 0.25) is 0 Å². The third-order valence-corrected chi connectivity index (χ3v) is 1.21. The maximum absolute atomic E-state index is 9.37. The number of rotatable bonds is 4. The molecule has 0 aliphatic rings. The van der Waals surface area contributed by atoms with Gasteiger partial charge >= 0.3 is 23.9 Å². The van der Waals surface area contributed by atoms with E-state index in [0.717, 1.165) is 0 Å². The second-order valence-corrected chi connectivity index (χ2v) is 2.99. The molecular formula is C12H24O8Zn2. The number of aliphatic carboxylic acids is 4. The first kappa shape index (κ1) is 37.4. The van der Waals surface area contributed by atoms with Crippen molar-refractivity contribution in [1.82, 2.24) is 0 Å². The van der Waals surface area contributed by atoms with E-state index >= 15 is 0 Å². The Balaban J connectivity index is -0.0000000376. The van der Waals surface area contributed by atoms with Crippen LogP contribution in [0.4, 0.5) is 0 Å². The van der Waals surface area contributed by atoms with Crippen molar-refractivity contribution >= 4 is 23.9 Å². The summed E-state index contributed by atoms with van der Waals surface area (Å²) in [6, 6.07) is 0. The van der Waals surface area contributed by atoms with Crippen molar-refractivity contribution in [2.45, 2.75) is 53.4 Å². The smallest absolute Gasteiger partial charge is 0.303 e. The Hall–Kier alpha value is -0.873. The van der Waals surface area contributed by atoms with Crippen LogP contribution >= 0.6 is 0 Å². The zero-order valence-corrected chi connectivity index (χ0v) is 19.6. The summed E-state index contributed by atoms with van der Waals surface area (Å²) in [4.78, 5) is 37.5. The molecule has 0 unspecified atom stereocenters. The van der Waals surface area contributed by atoms with Gasteiger partial charge in [-0.3, -0.25) is 19.2 Å². The van der Waals surface area contributed by atoms with Gasteiger partial charge in [-0.25, -0.2) is 0 Å². The van der Waals surface area contributed by atoms with Crippen molar-refractivity contribution in [1.29, 1.82) is 0 Å². The summed E-state index contributed by atoms with van der Waals surface area (Å²) >= 11 is 0. The molecule has 10 heteroatoms. The van der Waals surface area contributed by atoms with Crippen molar-refractivity contribution in [2.75, 3.05) is 0 Å². The Morgan fingerprint density at radius 2 is 0.545 bits per heavy atom. The van der Waals surface area contributed by atoms with Gasteiger partial charge in [0, 0.05) is 64.6 Å². The summed E-state index contributed by atoms with van der Waals surface area (Å²) < 4.78 is 0. The molecule has 4 N–H and O–H groups in total. The topological polar surface area (TPSA) is 149 Å². The minimum absolute atomic E-state index is 0. The summed E-state index contributed by atoms with van der Waals surface area (Å²) in [7, 11) is 0. The van der Waals surface area contributed by atoms with E-state index in [4.69, 9.17) is 20.4 Å². The minimum Gasteiger partial charge on any atom is -0.481 e. The van der Waals surface area contributed by atoms with Gasteiger partial charge in [0.1, 0.15) is 0 Å². The molecule has 0 atom stereocenters. The number of hydrogen-bond acceptors (Lipinski definition) is 4. The Bertz CT molecular complexity index is 226. The second kappa shape index (κ2) is 32.2. The SMILES string of the molecule is CCC(=O)O.CCC(=O)O.CCC(=O)O.CCC(=O)O.[Zn].[Zn]. The van der Waals surface area contributed by atoms with E-state index in [1.165, 1.54) is 0 Å². The van der Waals surface area contributed by atoms with Gasteiger partial charge in [0.25, 0.3) is 0 Å². The van der Waals surface area contributed by atoms with Crippen LogP contribution in [0.2, 0.25) is 0 Å². The Kier molecular flexibility index (Phi) is 54.7. The first-order valence-corrected chi connectivity index (χ1v) is 5.95. The molecule has 0 bridgehead atoms. The Labute approximate surface area is 155 Å². The van der Waals surface area contributed by atoms with Crippen LogP contribution < -0.4 is 0 Å². The van der Waals surface area contributed by atoms with Gasteiger partial charge in [0.05, 0.1) is 0 Å². The number of carbonyl (C=O) groups is 4. The maximum atomic E-state index is 9.37. The molecule has 0 amide bonds. The standard InChI is InChI=1S/4C3H6O2.2Zn/c4*1-2-3(4)5;;/h4*2H2,1H3,(H,4,5);;. The zero-order valence-electron chi connectivity index (χ0n) is 13.7. The molecule has 0 radical (unpaired) electrons. The van der Waals surface area contributed by atoms with Gasteiger partial charge in [-0.1, -0.05) is 27.7 Å². The van der Waals surface area contributed by atoms with Gasteiger partial charge in [0.15, 0.2) is 0 Å². The molecule has 0 aromatic carbocycles. The molecule has 0 saturated heterocycles. The van der Waals surface area contributed by atoms with Crippen LogP contribution in [0.5, 0.6) is 0 Å². The first-order chi connectivity index (χ1) is 9.08. The summed E-state index contributed by atoms with van der Waals surface area (Å²) in [6.07, 6.45) is 0.889. The number of carboxylic acids is 4. The average Bonchev–Trinajstić information content (AvgIpc) is 2.40. The first-order valence-electron chi connectivity index (χ1n) is 5.95. The van der Waals surface area contributed by atoms with Crippen LogP contribution in [-0.2, 0) is 58.1 Å². The molecule has 0 rings (SSSR count). The van der Waals surface area contributed by atoms with Crippen molar-refractivity contribution in [2.24, 2.45) is 0 Å². The third kappa shape index (κ3) is 124. The van der Waals surface area contributed by atoms with Gasteiger partial charge in [-0.05, 0) is 0 Å². The monoisotopic (exact) mass is 424 g/mol. The van der Waals surface area contributed by atoms with Crippen molar-refractivity contribution in [3.05, 3.63) is 0 Å². The molecule has 0 aromatic rings. The quantitative estimate of drug-likeness (QED) is 0.498. The summed E-state index contributed by atoms with van der Waals surface area (Å²) in [5.41, 5.74) is 0. The fourth-order valence-corrected chi connectivity index (χ4v) is 0. The fourth-order valence-electron chi connectivity index (χ4n) is 0. The van der Waals surface area contributed by atoms with Crippen LogP contribution in [0.3, 0.4) is 0 Å².